The van der Waals surface area contributed by atoms with Crippen LogP contribution in [-0.4, -0.2) is 17.1 Å². The maximum atomic E-state index is 6.65. The smallest absolute Gasteiger partial charge is 0.123 e. The van der Waals surface area contributed by atoms with Crippen LogP contribution in [-0.2, 0) is 5.41 Å². The molecule has 2 aromatic carbocycles. The highest BCUT2D eigenvalue weighted by molar-refractivity contribution is 5.84. The molecule has 1 saturated carbocycles. The van der Waals surface area contributed by atoms with E-state index in [9.17, 15) is 0 Å². The van der Waals surface area contributed by atoms with Gasteiger partial charge in [0.2, 0.25) is 0 Å². The average Bonchev–Trinajstić information content (AvgIpc) is 2.75. The molecule has 3 aromatic rings. The summed E-state index contributed by atoms with van der Waals surface area (Å²) >= 11 is 0. The van der Waals surface area contributed by atoms with Crippen LogP contribution in [0.25, 0.3) is 10.8 Å². The van der Waals surface area contributed by atoms with Crippen LogP contribution >= 0.6 is 0 Å². The fourth-order valence-electron chi connectivity index (χ4n) is 4.79. The van der Waals surface area contributed by atoms with Crippen molar-refractivity contribution in [2.75, 3.05) is 0 Å². The van der Waals surface area contributed by atoms with Crippen LogP contribution in [0.1, 0.15) is 50.2 Å². The zero-order valence-corrected chi connectivity index (χ0v) is 16.9. The van der Waals surface area contributed by atoms with Crippen molar-refractivity contribution in [2.45, 2.75) is 63.5 Å². The molecular weight excluding hydrogens is 344 g/mol. The second kappa shape index (κ2) is 7.92. The number of hydrogen-bond acceptors (Lipinski definition) is 3. The summed E-state index contributed by atoms with van der Waals surface area (Å²) in [6.45, 7) is 4.32. The van der Waals surface area contributed by atoms with Gasteiger partial charge in [-0.2, -0.15) is 0 Å². The first kappa shape index (κ1) is 18.9. The first-order chi connectivity index (χ1) is 13.6. The molecular formula is C25H30N2O. The Morgan fingerprint density at radius 1 is 1.11 bits per heavy atom. The Morgan fingerprint density at radius 3 is 2.57 bits per heavy atom. The van der Waals surface area contributed by atoms with Gasteiger partial charge in [-0.3, -0.25) is 4.98 Å². The Kier molecular flexibility index (Phi) is 5.36. The van der Waals surface area contributed by atoms with Gasteiger partial charge in [0.15, 0.2) is 0 Å². The lowest BCUT2D eigenvalue weighted by molar-refractivity contribution is 0.103. The van der Waals surface area contributed by atoms with Gasteiger partial charge < -0.3 is 10.5 Å². The predicted molar refractivity (Wildman–Crippen MR) is 116 cm³/mol. The van der Waals surface area contributed by atoms with Gasteiger partial charge in [0.25, 0.3) is 0 Å². The van der Waals surface area contributed by atoms with Crippen molar-refractivity contribution in [3.8, 4) is 5.75 Å². The summed E-state index contributed by atoms with van der Waals surface area (Å²) < 4.78 is 6.48. The van der Waals surface area contributed by atoms with Crippen LogP contribution in [0.2, 0.25) is 0 Å². The Bertz CT molecular complexity index is 930. The highest BCUT2D eigenvalue weighted by Gasteiger charge is 2.41. The SMILES string of the molecule is CC[C@H](N)C1(c2ccccc2)CCC(Oc2cc3ccncc3cc2C)CC1. The second-order valence-electron chi connectivity index (χ2n) is 8.19. The zero-order valence-electron chi connectivity index (χ0n) is 16.9. The molecule has 0 aliphatic heterocycles. The average molecular weight is 375 g/mol. The number of rotatable bonds is 5. The summed E-state index contributed by atoms with van der Waals surface area (Å²) in [6.07, 6.45) is 9.22. The molecule has 146 valence electrons. The van der Waals surface area contributed by atoms with Crippen molar-refractivity contribution in [3.05, 3.63) is 72.1 Å². The quantitative estimate of drug-likeness (QED) is 0.638. The van der Waals surface area contributed by atoms with Gasteiger partial charge in [0.05, 0.1) is 6.10 Å². The van der Waals surface area contributed by atoms with E-state index in [1.807, 2.05) is 18.5 Å². The van der Waals surface area contributed by atoms with Gasteiger partial charge in [-0.15, -0.1) is 0 Å². The van der Waals surface area contributed by atoms with Crippen molar-refractivity contribution in [2.24, 2.45) is 5.73 Å². The summed E-state index contributed by atoms with van der Waals surface area (Å²) in [5, 5.41) is 2.34. The molecule has 28 heavy (non-hydrogen) atoms. The summed E-state index contributed by atoms with van der Waals surface area (Å²) in [6, 6.07) is 17.4. The third-order valence-electron chi connectivity index (χ3n) is 6.55. The standard InChI is InChI=1S/C25H30N2O/c1-3-24(26)25(21-7-5-4-6-8-21)12-9-22(10-13-25)28-23-16-19-11-14-27-17-20(19)15-18(23)2/h4-8,11,14-17,22,24H,3,9-10,12-13,26H2,1-2H3/t22?,24-,25?/m0/s1. The Hall–Kier alpha value is -2.39. The monoisotopic (exact) mass is 374 g/mol. The van der Waals surface area contributed by atoms with Crippen molar-refractivity contribution in [1.29, 1.82) is 0 Å². The number of aryl methyl sites for hydroxylation is 1. The van der Waals surface area contributed by atoms with E-state index < -0.39 is 0 Å². The van der Waals surface area contributed by atoms with Crippen LogP contribution in [0.15, 0.2) is 60.9 Å². The summed E-state index contributed by atoms with van der Waals surface area (Å²) in [5.74, 6) is 0.996. The topological polar surface area (TPSA) is 48.1 Å². The van der Waals surface area contributed by atoms with Crippen LogP contribution < -0.4 is 10.5 Å². The Morgan fingerprint density at radius 2 is 1.86 bits per heavy atom. The largest absolute Gasteiger partial charge is 0.490 e. The van der Waals surface area contributed by atoms with Gasteiger partial charge in [-0.1, -0.05) is 37.3 Å². The van der Waals surface area contributed by atoms with Crippen LogP contribution in [0.4, 0.5) is 0 Å². The lowest BCUT2D eigenvalue weighted by Gasteiger charge is -2.44. The third kappa shape index (κ3) is 3.51. The van der Waals surface area contributed by atoms with Gasteiger partial charge in [0, 0.05) is 29.2 Å². The first-order valence-corrected chi connectivity index (χ1v) is 10.4. The van der Waals surface area contributed by atoms with Gasteiger partial charge >= 0.3 is 0 Å². The maximum Gasteiger partial charge on any atom is 0.123 e. The van der Waals surface area contributed by atoms with Crippen molar-refractivity contribution >= 4 is 10.8 Å². The van der Waals surface area contributed by atoms with Crippen molar-refractivity contribution in [1.82, 2.24) is 4.98 Å². The summed E-state index contributed by atoms with van der Waals surface area (Å²) in [7, 11) is 0. The molecule has 2 N–H and O–H groups in total. The molecule has 0 spiro atoms. The minimum absolute atomic E-state index is 0.0694. The molecule has 1 fully saturated rings. The molecule has 0 amide bonds. The minimum Gasteiger partial charge on any atom is -0.490 e. The van der Waals surface area contributed by atoms with E-state index in [-0.39, 0.29) is 17.6 Å². The van der Waals surface area contributed by atoms with E-state index >= 15 is 0 Å². The number of nitrogens with two attached hydrogens (primary N) is 1. The lowest BCUT2D eigenvalue weighted by Crippen LogP contribution is -2.48. The molecule has 0 saturated heterocycles. The molecule has 3 nitrogen and oxygen atoms in total. The molecule has 3 heteroatoms. The molecule has 1 aliphatic rings. The minimum atomic E-state index is 0.0694. The van der Waals surface area contributed by atoms with E-state index in [1.54, 1.807) is 0 Å². The number of fused-ring (bicyclic) bond motifs is 1. The normalized spacial score (nSPS) is 23.5. The van der Waals surface area contributed by atoms with Gasteiger partial charge in [0.1, 0.15) is 5.75 Å². The molecule has 4 rings (SSSR count). The molecule has 0 bridgehead atoms. The van der Waals surface area contributed by atoms with Crippen LogP contribution in [0.5, 0.6) is 5.75 Å². The third-order valence-corrected chi connectivity index (χ3v) is 6.55. The summed E-state index contributed by atoms with van der Waals surface area (Å²) in [5.41, 5.74) is 9.28. The van der Waals surface area contributed by atoms with Crippen LogP contribution in [0.3, 0.4) is 0 Å². The zero-order chi connectivity index (χ0) is 19.6. The molecule has 1 aromatic heterocycles. The fourth-order valence-corrected chi connectivity index (χ4v) is 4.79. The fraction of sp³-hybridized carbons (Fsp3) is 0.400. The summed E-state index contributed by atoms with van der Waals surface area (Å²) in [4.78, 5) is 4.22. The molecule has 1 atom stereocenters. The molecule has 1 heterocycles. The van der Waals surface area contributed by atoms with E-state index in [0.29, 0.717) is 0 Å². The van der Waals surface area contributed by atoms with Crippen molar-refractivity contribution in [3.63, 3.8) is 0 Å². The number of ether oxygens (including phenoxy) is 1. The molecule has 0 radical (unpaired) electrons. The number of hydrogen-bond donors (Lipinski definition) is 1. The van der Waals surface area contributed by atoms with E-state index in [2.05, 4.69) is 61.3 Å². The maximum absolute atomic E-state index is 6.65. The predicted octanol–water partition coefficient (Wildman–Crippen LogP) is 5.54. The Balaban J connectivity index is 1.52. The number of pyridine rings is 1. The first-order valence-electron chi connectivity index (χ1n) is 10.4. The molecule has 1 aliphatic carbocycles. The van der Waals surface area contributed by atoms with E-state index in [1.165, 1.54) is 16.5 Å². The second-order valence-corrected chi connectivity index (χ2v) is 8.19. The number of nitrogens with zero attached hydrogens (tertiary/aromatic N) is 1. The van der Waals surface area contributed by atoms with Crippen molar-refractivity contribution < 1.29 is 4.74 Å². The number of benzene rings is 2. The Labute approximate surface area is 167 Å². The molecule has 0 unspecified atom stereocenters. The van der Waals surface area contributed by atoms with E-state index in [0.717, 1.165) is 43.2 Å². The van der Waals surface area contributed by atoms with Gasteiger partial charge in [-0.05, 0) is 73.7 Å². The van der Waals surface area contributed by atoms with Crippen LogP contribution in [0, 0.1) is 6.92 Å². The lowest BCUT2D eigenvalue weighted by atomic mass is 9.64. The highest BCUT2D eigenvalue weighted by Crippen LogP contribution is 2.43. The number of aromatic nitrogens is 1. The van der Waals surface area contributed by atoms with Gasteiger partial charge in [-0.25, -0.2) is 0 Å². The van der Waals surface area contributed by atoms with E-state index in [4.69, 9.17) is 10.5 Å². The highest BCUT2D eigenvalue weighted by atomic mass is 16.5.